The van der Waals surface area contributed by atoms with Crippen LogP contribution in [0.4, 0.5) is 5.69 Å². The van der Waals surface area contributed by atoms with E-state index in [2.05, 4.69) is 9.71 Å². The smallest absolute Gasteiger partial charge is 0.229 e. The minimum absolute atomic E-state index is 0. The Hall–Kier alpha value is -1.49. The Morgan fingerprint density at radius 2 is 2.14 bits per heavy atom. The zero-order valence-corrected chi connectivity index (χ0v) is 8.43. The largest absolute Gasteiger partial charge is 0.361 e. The van der Waals surface area contributed by atoms with Gasteiger partial charge in [0.05, 0.1) is 6.26 Å². The van der Waals surface area contributed by atoms with Gasteiger partial charge in [0, 0.05) is 25.6 Å². The molecule has 78 valence electrons. The maximum absolute atomic E-state index is 11.0. The number of hydrogen-bond acceptors (Lipinski definition) is 2. The van der Waals surface area contributed by atoms with Gasteiger partial charge in [-0.05, 0) is 24.3 Å². The zero-order chi connectivity index (χ0) is 10.2. The third-order valence-electron chi connectivity index (χ3n) is 1.86. The first-order valence-electron chi connectivity index (χ1n) is 4.09. The molecule has 1 aromatic heterocycles. The van der Waals surface area contributed by atoms with Crippen LogP contribution in [-0.4, -0.2) is 19.7 Å². The van der Waals surface area contributed by atoms with Gasteiger partial charge in [-0.15, -0.1) is 0 Å². The first-order chi connectivity index (χ1) is 6.54. The van der Waals surface area contributed by atoms with E-state index in [0.29, 0.717) is 5.69 Å². The van der Waals surface area contributed by atoms with Crippen LogP contribution in [0.25, 0.3) is 10.9 Å². The van der Waals surface area contributed by atoms with E-state index < -0.39 is 10.0 Å². The highest BCUT2D eigenvalue weighted by atomic mass is 32.2. The molecule has 0 aliphatic heterocycles. The molecule has 0 radical (unpaired) electrons. The fraction of sp³-hybridized carbons (Fsp3) is 0.111. The highest BCUT2D eigenvalue weighted by Crippen LogP contribution is 2.18. The van der Waals surface area contributed by atoms with Crippen molar-refractivity contribution in [3.8, 4) is 0 Å². The standard InChI is InChI=1S/C9H10N2O2S.2H2/c1-14(12,13)11-8-2-3-9-7(6-8)4-5-10-9;;/h2-6,10-11H,1H3;2*1H. The molecule has 2 aromatic rings. The van der Waals surface area contributed by atoms with Crippen molar-refractivity contribution in [2.45, 2.75) is 0 Å². The lowest BCUT2D eigenvalue weighted by Crippen LogP contribution is -2.09. The van der Waals surface area contributed by atoms with E-state index in [1.807, 2.05) is 18.3 Å². The van der Waals surface area contributed by atoms with Gasteiger partial charge in [0.2, 0.25) is 10.0 Å². The molecule has 1 heterocycles. The lowest BCUT2D eigenvalue weighted by Gasteiger charge is -2.02. The summed E-state index contributed by atoms with van der Waals surface area (Å²) in [4.78, 5) is 3.03. The van der Waals surface area contributed by atoms with Gasteiger partial charge in [-0.25, -0.2) is 8.42 Å². The van der Waals surface area contributed by atoms with Gasteiger partial charge < -0.3 is 4.98 Å². The molecule has 0 aliphatic rings. The molecule has 0 amide bonds. The minimum atomic E-state index is -3.19. The minimum Gasteiger partial charge on any atom is -0.361 e. The number of benzene rings is 1. The summed E-state index contributed by atoms with van der Waals surface area (Å²) in [5.41, 5.74) is 1.57. The summed E-state index contributed by atoms with van der Waals surface area (Å²) in [5.74, 6) is 0. The van der Waals surface area contributed by atoms with Crippen molar-refractivity contribution in [2.24, 2.45) is 0 Å². The first kappa shape index (κ1) is 9.08. The molecule has 0 unspecified atom stereocenters. The monoisotopic (exact) mass is 214 g/mol. The van der Waals surface area contributed by atoms with Crippen LogP contribution < -0.4 is 4.72 Å². The number of nitrogens with one attached hydrogen (secondary N) is 2. The van der Waals surface area contributed by atoms with E-state index in [9.17, 15) is 8.42 Å². The summed E-state index contributed by atoms with van der Waals surface area (Å²) in [7, 11) is -3.19. The molecule has 0 bridgehead atoms. The molecule has 0 fully saturated rings. The number of sulfonamides is 1. The van der Waals surface area contributed by atoms with E-state index in [4.69, 9.17) is 0 Å². The van der Waals surface area contributed by atoms with Crippen LogP contribution in [0.5, 0.6) is 0 Å². The molecular formula is C9H14N2O2S. The molecule has 0 aliphatic carbocycles. The maximum Gasteiger partial charge on any atom is 0.229 e. The van der Waals surface area contributed by atoms with E-state index in [-0.39, 0.29) is 2.85 Å². The van der Waals surface area contributed by atoms with Crippen LogP contribution in [0.1, 0.15) is 2.85 Å². The van der Waals surface area contributed by atoms with Gasteiger partial charge in [-0.2, -0.15) is 0 Å². The van der Waals surface area contributed by atoms with Gasteiger partial charge in [0.1, 0.15) is 0 Å². The molecule has 0 atom stereocenters. The van der Waals surface area contributed by atoms with E-state index in [1.54, 1.807) is 12.1 Å². The van der Waals surface area contributed by atoms with Crippen molar-refractivity contribution in [3.05, 3.63) is 30.5 Å². The molecule has 2 rings (SSSR count). The molecule has 0 saturated heterocycles. The van der Waals surface area contributed by atoms with E-state index in [1.165, 1.54) is 0 Å². The van der Waals surface area contributed by atoms with Gasteiger partial charge in [0.15, 0.2) is 0 Å². The summed E-state index contributed by atoms with van der Waals surface area (Å²) in [6.07, 6.45) is 2.95. The average Bonchev–Trinajstić information content (AvgIpc) is 2.47. The Morgan fingerprint density at radius 3 is 2.86 bits per heavy atom. The predicted octanol–water partition coefficient (Wildman–Crippen LogP) is 2.03. The molecule has 1 aromatic carbocycles. The van der Waals surface area contributed by atoms with Gasteiger partial charge in [-0.3, -0.25) is 4.72 Å². The average molecular weight is 214 g/mol. The lowest BCUT2D eigenvalue weighted by atomic mass is 10.2. The predicted molar refractivity (Wildman–Crippen MR) is 61.0 cm³/mol. The molecular weight excluding hydrogens is 200 g/mol. The Morgan fingerprint density at radius 1 is 1.36 bits per heavy atom. The number of hydrogen-bond donors (Lipinski definition) is 2. The number of aromatic nitrogens is 1. The fourth-order valence-electron chi connectivity index (χ4n) is 1.33. The molecule has 0 saturated carbocycles. The number of anilines is 1. The summed E-state index contributed by atoms with van der Waals surface area (Å²) >= 11 is 0. The zero-order valence-electron chi connectivity index (χ0n) is 7.61. The van der Waals surface area contributed by atoms with Crippen molar-refractivity contribution in [2.75, 3.05) is 11.0 Å². The summed E-state index contributed by atoms with van der Waals surface area (Å²) < 4.78 is 24.3. The number of H-pyrrole nitrogens is 1. The highest BCUT2D eigenvalue weighted by Gasteiger charge is 2.02. The van der Waals surface area contributed by atoms with Crippen molar-refractivity contribution in [1.82, 2.24) is 4.98 Å². The van der Waals surface area contributed by atoms with Gasteiger partial charge in [-0.1, -0.05) is 0 Å². The molecule has 2 N–H and O–H groups in total. The Labute approximate surface area is 85.0 Å². The summed E-state index contributed by atoms with van der Waals surface area (Å²) in [5, 5.41) is 0.985. The second-order valence-electron chi connectivity index (χ2n) is 3.15. The molecule has 4 nitrogen and oxygen atoms in total. The van der Waals surface area contributed by atoms with Crippen LogP contribution >= 0.6 is 0 Å². The second kappa shape index (κ2) is 3.02. The van der Waals surface area contributed by atoms with E-state index >= 15 is 0 Å². The Balaban J connectivity index is 0.00000112. The van der Waals surface area contributed by atoms with Crippen LogP contribution in [0, 0.1) is 0 Å². The van der Waals surface area contributed by atoms with Gasteiger partial charge >= 0.3 is 0 Å². The van der Waals surface area contributed by atoms with Crippen LogP contribution in [0.15, 0.2) is 30.5 Å². The van der Waals surface area contributed by atoms with Crippen molar-refractivity contribution < 1.29 is 11.3 Å². The maximum atomic E-state index is 11.0. The fourth-order valence-corrected chi connectivity index (χ4v) is 1.89. The Bertz CT molecular complexity index is 566. The van der Waals surface area contributed by atoms with Crippen molar-refractivity contribution in [1.29, 1.82) is 0 Å². The summed E-state index contributed by atoms with van der Waals surface area (Å²) in [6, 6.07) is 7.23. The van der Waals surface area contributed by atoms with Crippen molar-refractivity contribution >= 4 is 26.6 Å². The van der Waals surface area contributed by atoms with Crippen LogP contribution in [0.3, 0.4) is 0 Å². The highest BCUT2D eigenvalue weighted by molar-refractivity contribution is 7.92. The molecule has 14 heavy (non-hydrogen) atoms. The first-order valence-corrected chi connectivity index (χ1v) is 5.99. The third kappa shape index (κ3) is 1.88. The topological polar surface area (TPSA) is 62.0 Å². The molecule has 0 spiro atoms. The normalized spacial score (nSPS) is 11.8. The summed E-state index contributed by atoms with van der Waals surface area (Å²) in [6.45, 7) is 0. The van der Waals surface area contributed by atoms with Crippen LogP contribution in [0.2, 0.25) is 0 Å². The number of fused-ring (bicyclic) bond motifs is 1. The van der Waals surface area contributed by atoms with Crippen LogP contribution in [-0.2, 0) is 10.0 Å². The SMILES string of the molecule is CS(=O)(=O)Nc1ccc2[nH]ccc2c1.[HH].[HH]. The second-order valence-corrected chi connectivity index (χ2v) is 4.90. The number of rotatable bonds is 2. The number of aromatic amines is 1. The van der Waals surface area contributed by atoms with Crippen molar-refractivity contribution in [3.63, 3.8) is 0 Å². The lowest BCUT2D eigenvalue weighted by molar-refractivity contribution is 0.607. The molecule has 5 heteroatoms. The quantitative estimate of drug-likeness (QED) is 0.803. The van der Waals surface area contributed by atoms with Gasteiger partial charge in [0.25, 0.3) is 0 Å². The third-order valence-corrected chi connectivity index (χ3v) is 2.46. The Kier molecular flexibility index (Phi) is 1.96. The van der Waals surface area contributed by atoms with E-state index in [0.717, 1.165) is 17.2 Å².